The average Bonchev–Trinajstić information content (AvgIpc) is 3.18. The van der Waals surface area contributed by atoms with Crippen LogP contribution in [0.25, 0.3) is 10.9 Å². The molecule has 2 N–H and O–H groups in total. The van der Waals surface area contributed by atoms with Gasteiger partial charge in [0, 0.05) is 20.8 Å². The van der Waals surface area contributed by atoms with E-state index in [2.05, 4.69) is 10.3 Å². The number of halogens is 1. The summed E-state index contributed by atoms with van der Waals surface area (Å²) in [7, 11) is 0. The first-order valence-electron chi connectivity index (χ1n) is 10.3. The molecule has 0 saturated carbocycles. The monoisotopic (exact) mass is 464 g/mol. The van der Waals surface area contributed by atoms with Crippen molar-refractivity contribution < 1.29 is 14.3 Å². The first-order chi connectivity index (χ1) is 15.6. The molecular weight excluding hydrogens is 444 g/mol. The molecule has 1 aliphatic rings. The summed E-state index contributed by atoms with van der Waals surface area (Å²) in [5, 5.41) is 4.80. The lowest BCUT2D eigenvalue weighted by Crippen LogP contribution is -2.27. The lowest BCUT2D eigenvalue weighted by molar-refractivity contribution is 0.0932. The third kappa shape index (κ3) is 4.16. The third-order valence-electron chi connectivity index (χ3n) is 5.33. The summed E-state index contributed by atoms with van der Waals surface area (Å²) in [5.74, 6) is 1.27. The van der Waals surface area contributed by atoms with Crippen LogP contribution in [-0.2, 0) is 0 Å². The second kappa shape index (κ2) is 8.81. The molecule has 5 nitrogen and oxygen atoms in total. The number of H-pyrrole nitrogens is 1. The molecule has 32 heavy (non-hydrogen) atoms. The predicted octanol–water partition coefficient (Wildman–Crippen LogP) is 6.23. The van der Waals surface area contributed by atoms with Gasteiger partial charge in [0.1, 0.15) is 18.9 Å². The number of hydrogen-bond donors (Lipinski definition) is 2. The molecular formula is C25H21ClN2O3S. The summed E-state index contributed by atoms with van der Waals surface area (Å²) in [6, 6.07) is 21.1. The van der Waals surface area contributed by atoms with Gasteiger partial charge in [-0.15, -0.1) is 0 Å². The Labute approximate surface area is 195 Å². The molecule has 1 aromatic heterocycles. The Bertz CT molecular complexity index is 1290. The Morgan fingerprint density at radius 2 is 1.78 bits per heavy atom. The number of para-hydroxylation sites is 1. The minimum atomic E-state index is -0.210. The minimum Gasteiger partial charge on any atom is -0.486 e. The number of carbonyl (C=O) groups is 1. The molecule has 0 saturated heterocycles. The summed E-state index contributed by atoms with van der Waals surface area (Å²) in [5.41, 5.74) is 2.40. The van der Waals surface area contributed by atoms with E-state index in [-0.39, 0.29) is 11.9 Å². The SMILES string of the molecule is C[C@@H](NC(=O)c1[nH]c2ccccc2c1Sc1ccc(Cl)cc1)c1ccc2c(c1)OCCO2. The number of benzene rings is 3. The molecule has 1 amide bonds. The Morgan fingerprint density at radius 1 is 1.03 bits per heavy atom. The van der Waals surface area contributed by atoms with Crippen molar-refractivity contribution in [2.24, 2.45) is 0 Å². The van der Waals surface area contributed by atoms with Crippen molar-refractivity contribution >= 4 is 40.2 Å². The van der Waals surface area contributed by atoms with Gasteiger partial charge >= 0.3 is 0 Å². The van der Waals surface area contributed by atoms with Gasteiger partial charge in [-0.3, -0.25) is 4.79 Å². The van der Waals surface area contributed by atoms with Crippen molar-refractivity contribution in [3.05, 3.63) is 83.0 Å². The van der Waals surface area contributed by atoms with Crippen LogP contribution in [0.1, 0.15) is 29.0 Å². The summed E-state index contributed by atoms with van der Waals surface area (Å²) in [4.78, 5) is 18.5. The maximum absolute atomic E-state index is 13.3. The lowest BCUT2D eigenvalue weighted by atomic mass is 10.1. The maximum atomic E-state index is 13.3. The fourth-order valence-electron chi connectivity index (χ4n) is 3.68. The molecule has 0 radical (unpaired) electrons. The fourth-order valence-corrected chi connectivity index (χ4v) is 4.85. The highest BCUT2D eigenvalue weighted by Gasteiger charge is 2.22. The third-order valence-corrected chi connectivity index (χ3v) is 6.72. The van der Waals surface area contributed by atoms with Crippen molar-refractivity contribution in [2.75, 3.05) is 13.2 Å². The highest BCUT2D eigenvalue weighted by molar-refractivity contribution is 7.99. The topological polar surface area (TPSA) is 63.4 Å². The summed E-state index contributed by atoms with van der Waals surface area (Å²) < 4.78 is 11.3. The largest absolute Gasteiger partial charge is 0.486 e. The molecule has 0 fully saturated rings. The molecule has 3 aromatic carbocycles. The number of fused-ring (bicyclic) bond motifs is 2. The van der Waals surface area contributed by atoms with Crippen LogP contribution in [0.3, 0.4) is 0 Å². The number of aromatic amines is 1. The van der Waals surface area contributed by atoms with Crippen LogP contribution in [0.4, 0.5) is 0 Å². The first kappa shape index (κ1) is 20.8. The maximum Gasteiger partial charge on any atom is 0.269 e. The summed E-state index contributed by atoms with van der Waals surface area (Å²) in [6.45, 7) is 3.03. The number of hydrogen-bond acceptors (Lipinski definition) is 4. The number of amides is 1. The zero-order valence-electron chi connectivity index (χ0n) is 17.4. The van der Waals surface area contributed by atoms with Gasteiger partial charge in [0.05, 0.1) is 10.9 Å². The lowest BCUT2D eigenvalue weighted by Gasteiger charge is -2.21. The zero-order chi connectivity index (χ0) is 22.1. The highest BCUT2D eigenvalue weighted by atomic mass is 35.5. The number of rotatable bonds is 5. The van der Waals surface area contributed by atoms with E-state index >= 15 is 0 Å². The van der Waals surface area contributed by atoms with Crippen molar-refractivity contribution in [3.8, 4) is 11.5 Å². The van der Waals surface area contributed by atoms with Crippen LogP contribution in [0.15, 0.2) is 76.5 Å². The minimum absolute atomic E-state index is 0.167. The Kier molecular flexibility index (Phi) is 5.72. The van der Waals surface area contributed by atoms with Crippen LogP contribution < -0.4 is 14.8 Å². The van der Waals surface area contributed by atoms with Crippen molar-refractivity contribution in [1.29, 1.82) is 0 Å². The predicted molar refractivity (Wildman–Crippen MR) is 127 cm³/mol. The van der Waals surface area contributed by atoms with Crippen molar-refractivity contribution in [2.45, 2.75) is 22.8 Å². The Hall–Kier alpha value is -3.09. The van der Waals surface area contributed by atoms with Gasteiger partial charge in [-0.2, -0.15) is 0 Å². The summed E-state index contributed by atoms with van der Waals surface area (Å²) in [6.07, 6.45) is 0. The van der Waals surface area contributed by atoms with Crippen LogP contribution in [0, 0.1) is 0 Å². The number of aromatic nitrogens is 1. The molecule has 2 heterocycles. The number of nitrogens with one attached hydrogen (secondary N) is 2. The average molecular weight is 465 g/mol. The molecule has 0 spiro atoms. The van der Waals surface area contributed by atoms with Gasteiger partial charge in [-0.05, 0) is 55.0 Å². The van der Waals surface area contributed by atoms with Gasteiger partial charge in [0.25, 0.3) is 5.91 Å². The molecule has 1 aliphatic heterocycles. The van der Waals surface area contributed by atoms with E-state index in [1.807, 2.05) is 73.7 Å². The van der Waals surface area contributed by atoms with Gasteiger partial charge in [-0.25, -0.2) is 0 Å². The highest BCUT2D eigenvalue weighted by Crippen LogP contribution is 2.37. The molecule has 1 atom stereocenters. The van der Waals surface area contributed by atoms with E-state index in [0.717, 1.165) is 32.0 Å². The molecule has 0 aliphatic carbocycles. The Morgan fingerprint density at radius 3 is 2.59 bits per heavy atom. The number of carbonyl (C=O) groups excluding carboxylic acids is 1. The van der Waals surface area contributed by atoms with E-state index in [1.54, 1.807) is 11.8 Å². The second-order valence-electron chi connectivity index (χ2n) is 7.53. The van der Waals surface area contributed by atoms with Crippen LogP contribution in [0.2, 0.25) is 5.02 Å². The molecule has 0 unspecified atom stereocenters. The molecule has 5 rings (SSSR count). The molecule has 7 heteroatoms. The number of ether oxygens (including phenoxy) is 2. The normalized spacial score (nSPS) is 13.7. The van der Waals surface area contributed by atoms with E-state index in [1.165, 1.54) is 0 Å². The molecule has 0 bridgehead atoms. The van der Waals surface area contributed by atoms with Crippen molar-refractivity contribution in [1.82, 2.24) is 10.3 Å². The van der Waals surface area contributed by atoms with E-state index < -0.39 is 0 Å². The van der Waals surface area contributed by atoms with E-state index in [0.29, 0.717) is 29.7 Å². The van der Waals surface area contributed by atoms with Gasteiger partial charge < -0.3 is 19.8 Å². The Balaban J connectivity index is 1.43. The zero-order valence-corrected chi connectivity index (χ0v) is 18.9. The fraction of sp³-hybridized carbons (Fsp3) is 0.160. The molecule has 162 valence electrons. The van der Waals surface area contributed by atoms with Crippen LogP contribution in [-0.4, -0.2) is 24.1 Å². The van der Waals surface area contributed by atoms with Gasteiger partial charge in [0.15, 0.2) is 11.5 Å². The standard InChI is InChI=1S/C25H21ClN2O3S/c1-15(16-6-11-21-22(14-16)31-13-12-30-21)27-25(29)23-24(19-4-2-3-5-20(19)28-23)32-18-9-7-17(26)8-10-18/h2-11,14-15,28H,12-13H2,1H3,(H,27,29)/t15-/m1/s1. The van der Waals surface area contributed by atoms with E-state index in [4.69, 9.17) is 21.1 Å². The van der Waals surface area contributed by atoms with Gasteiger partial charge in [0.2, 0.25) is 0 Å². The second-order valence-corrected chi connectivity index (χ2v) is 9.05. The smallest absolute Gasteiger partial charge is 0.269 e. The van der Waals surface area contributed by atoms with Crippen LogP contribution in [0.5, 0.6) is 11.5 Å². The molecule has 4 aromatic rings. The van der Waals surface area contributed by atoms with Crippen LogP contribution >= 0.6 is 23.4 Å². The quantitative estimate of drug-likeness (QED) is 0.367. The van der Waals surface area contributed by atoms with E-state index in [9.17, 15) is 4.79 Å². The van der Waals surface area contributed by atoms with Crippen molar-refractivity contribution in [3.63, 3.8) is 0 Å². The first-order valence-corrected chi connectivity index (χ1v) is 11.5. The van der Waals surface area contributed by atoms with Gasteiger partial charge in [-0.1, -0.05) is 47.6 Å². The summed E-state index contributed by atoms with van der Waals surface area (Å²) >= 11 is 7.58.